The van der Waals surface area contributed by atoms with Crippen molar-refractivity contribution in [3.63, 3.8) is 0 Å². The van der Waals surface area contributed by atoms with Gasteiger partial charge in [-0.1, -0.05) is 12.1 Å². The van der Waals surface area contributed by atoms with Gasteiger partial charge in [-0.15, -0.1) is 0 Å². The van der Waals surface area contributed by atoms with Gasteiger partial charge in [0.25, 0.3) is 5.69 Å². The van der Waals surface area contributed by atoms with Gasteiger partial charge in [-0.25, -0.2) is 0 Å². The lowest BCUT2D eigenvalue weighted by molar-refractivity contribution is -0.384. The van der Waals surface area contributed by atoms with Crippen molar-refractivity contribution in [2.75, 3.05) is 31.1 Å². The molecule has 5 nitrogen and oxygen atoms in total. The fraction of sp³-hybridized carbons (Fsp3) is 0.625. The van der Waals surface area contributed by atoms with Crippen LogP contribution in [0.5, 0.6) is 0 Å². The van der Waals surface area contributed by atoms with Crippen LogP contribution < -0.4 is 10.2 Å². The first-order valence-electron chi connectivity index (χ1n) is 7.81. The van der Waals surface area contributed by atoms with E-state index >= 15 is 0 Å². The average molecular weight is 289 g/mol. The van der Waals surface area contributed by atoms with Gasteiger partial charge in [0.2, 0.25) is 0 Å². The maximum Gasteiger partial charge on any atom is 0.292 e. The fourth-order valence-corrected chi connectivity index (χ4v) is 3.98. The standard InChI is InChI=1S/C16H23N3O2/c1-13-5-2-6-14(19(20)21)15(13)18-10-4-8-16(12-18)7-3-9-17-11-16/h2,5-6,17H,3-4,7-12H2,1H3. The van der Waals surface area contributed by atoms with Gasteiger partial charge in [0, 0.05) is 31.1 Å². The molecule has 0 saturated carbocycles. The second-order valence-electron chi connectivity index (χ2n) is 6.51. The van der Waals surface area contributed by atoms with Crippen molar-refractivity contribution in [1.29, 1.82) is 0 Å². The molecule has 0 aliphatic carbocycles. The van der Waals surface area contributed by atoms with Crippen molar-refractivity contribution in [3.05, 3.63) is 33.9 Å². The highest BCUT2D eigenvalue weighted by molar-refractivity contribution is 5.68. The van der Waals surface area contributed by atoms with E-state index in [1.807, 2.05) is 13.0 Å². The van der Waals surface area contributed by atoms with Crippen LogP contribution in [0.1, 0.15) is 31.2 Å². The van der Waals surface area contributed by atoms with E-state index < -0.39 is 0 Å². The van der Waals surface area contributed by atoms with Crippen LogP contribution in [0.3, 0.4) is 0 Å². The maximum absolute atomic E-state index is 11.4. The summed E-state index contributed by atoms with van der Waals surface area (Å²) in [7, 11) is 0. The molecular weight excluding hydrogens is 266 g/mol. The zero-order valence-electron chi connectivity index (χ0n) is 12.6. The second kappa shape index (κ2) is 5.64. The lowest BCUT2D eigenvalue weighted by Crippen LogP contribution is -2.51. The summed E-state index contributed by atoms with van der Waals surface area (Å²) < 4.78 is 0. The minimum atomic E-state index is -0.247. The van der Waals surface area contributed by atoms with E-state index in [9.17, 15) is 10.1 Å². The van der Waals surface area contributed by atoms with Crippen LogP contribution >= 0.6 is 0 Å². The zero-order chi connectivity index (χ0) is 14.9. The molecule has 0 amide bonds. The number of piperidine rings is 2. The maximum atomic E-state index is 11.4. The number of anilines is 1. The summed E-state index contributed by atoms with van der Waals surface area (Å²) in [5.41, 5.74) is 2.38. The molecular formula is C16H23N3O2. The van der Waals surface area contributed by atoms with Gasteiger partial charge in [-0.05, 0) is 44.7 Å². The summed E-state index contributed by atoms with van der Waals surface area (Å²) in [6.07, 6.45) is 4.79. The van der Waals surface area contributed by atoms with E-state index in [0.717, 1.165) is 43.9 Å². The fourth-order valence-electron chi connectivity index (χ4n) is 3.98. The van der Waals surface area contributed by atoms with Crippen molar-refractivity contribution in [2.24, 2.45) is 5.41 Å². The predicted octanol–water partition coefficient (Wildman–Crippen LogP) is 2.87. The number of nitro benzene ring substituents is 1. The number of hydrogen-bond acceptors (Lipinski definition) is 4. The van der Waals surface area contributed by atoms with E-state index in [4.69, 9.17) is 0 Å². The van der Waals surface area contributed by atoms with Gasteiger partial charge in [-0.3, -0.25) is 10.1 Å². The Hall–Kier alpha value is -1.62. The highest BCUT2D eigenvalue weighted by Gasteiger charge is 2.38. The Kier molecular flexibility index (Phi) is 3.85. The number of hydrogen-bond donors (Lipinski definition) is 1. The summed E-state index contributed by atoms with van der Waals surface area (Å²) in [5.74, 6) is 0. The van der Waals surface area contributed by atoms with Gasteiger partial charge < -0.3 is 10.2 Å². The molecule has 1 atom stereocenters. The first-order chi connectivity index (χ1) is 10.1. The topological polar surface area (TPSA) is 58.4 Å². The van der Waals surface area contributed by atoms with Gasteiger partial charge in [-0.2, -0.15) is 0 Å². The predicted molar refractivity (Wildman–Crippen MR) is 83.8 cm³/mol. The highest BCUT2D eigenvalue weighted by atomic mass is 16.6. The lowest BCUT2D eigenvalue weighted by Gasteiger charge is -2.46. The molecule has 0 bridgehead atoms. The van der Waals surface area contributed by atoms with Crippen LogP contribution in [0.15, 0.2) is 18.2 Å². The molecule has 5 heteroatoms. The third kappa shape index (κ3) is 2.75. The number of nitro groups is 1. The largest absolute Gasteiger partial charge is 0.365 e. The molecule has 1 aromatic rings. The Bertz CT molecular complexity index is 533. The quantitative estimate of drug-likeness (QED) is 0.672. The third-order valence-electron chi connectivity index (χ3n) is 4.95. The summed E-state index contributed by atoms with van der Waals surface area (Å²) >= 11 is 0. The number of rotatable bonds is 2. The van der Waals surface area contributed by atoms with Crippen molar-refractivity contribution in [1.82, 2.24) is 5.32 Å². The Labute approximate surface area is 125 Å². The van der Waals surface area contributed by atoms with E-state index in [2.05, 4.69) is 10.2 Å². The molecule has 1 spiro atoms. The first-order valence-corrected chi connectivity index (χ1v) is 7.81. The van der Waals surface area contributed by atoms with Crippen molar-refractivity contribution < 1.29 is 4.92 Å². The van der Waals surface area contributed by atoms with Crippen LogP contribution in [0.25, 0.3) is 0 Å². The molecule has 2 aliphatic rings. The molecule has 1 aromatic carbocycles. The monoisotopic (exact) mass is 289 g/mol. The van der Waals surface area contributed by atoms with Gasteiger partial charge in [0.1, 0.15) is 5.69 Å². The Balaban J connectivity index is 1.91. The van der Waals surface area contributed by atoms with E-state index in [-0.39, 0.29) is 10.6 Å². The molecule has 1 N–H and O–H groups in total. The second-order valence-corrected chi connectivity index (χ2v) is 6.51. The Morgan fingerprint density at radius 2 is 2.14 bits per heavy atom. The smallest absolute Gasteiger partial charge is 0.292 e. The summed E-state index contributed by atoms with van der Waals surface area (Å²) in [6, 6.07) is 5.38. The van der Waals surface area contributed by atoms with Gasteiger partial charge >= 0.3 is 0 Å². The number of aryl methyl sites for hydroxylation is 1. The molecule has 2 saturated heterocycles. The normalized spacial score (nSPS) is 26.0. The number of nitrogens with one attached hydrogen (secondary N) is 1. The molecule has 114 valence electrons. The SMILES string of the molecule is Cc1cccc([N+](=O)[O-])c1N1CCCC2(CCCNC2)C1. The van der Waals surface area contributed by atoms with E-state index in [0.29, 0.717) is 5.41 Å². The number of para-hydroxylation sites is 1. The molecule has 21 heavy (non-hydrogen) atoms. The number of benzene rings is 1. The summed E-state index contributed by atoms with van der Waals surface area (Å²) in [4.78, 5) is 13.4. The number of nitrogens with zero attached hydrogens (tertiary/aromatic N) is 2. The Morgan fingerprint density at radius 1 is 1.33 bits per heavy atom. The van der Waals surface area contributed by atoms with Crippen LogP contribution in [0, 0.1) is 22.5 Å². The summed E-state index contributed by atoms with van der Waals surface area (Å²) in [6.45, 7) is 5.98. The van der Waals surface area contributed by atoms with Crippen LogP contribution in [0.4, 0.5) is 11.4 Å². The molecule has 1 unspecified atom stereocenters. The molecule has 2 heterocycles. The van der Waals surface area contributed by atoms with E-state index in [1.165, 1.54) is 19.3 Å². The summed E-state index contributed by atoms with van der Waals surface area (Å²) in [5, 5.41) is 14.9. The van der Waals surface area contributed by atoms with Crippen molar-refractivity contribution >= 4 is 11.4 Å². The van der Waals surface area contributed by atoms with Crippen molar-refractivity contribution in [2.45, 2.75) is 32.6 Å². The van der Waals surface area contributed by atoms with Crippen LogP contribution in [-0.4, -0.2) is 31.1 Å². The molecule has 2 aliphatic heterocycles. The minimum Gasteiger partial charge on any atom is -0.365 e. The molecule has 2 fully saturated rings. The van der Waals surface area contributed by atoms with Gasteiger partial charge in [0.15, 0.2) is 0 Å². The first kappa shape index (κ1) is 14.3. The lowest BCUT2D eigenvalue weighted by atomic mass is 9.74. The molecule has 3 rings (SSSR count). The zero-order valence-corrected chi connectivity index (χ0v) is 12.6. The van der Waals surface area contributed by atoms with Crippen LogP contribution in [0.2, 0.25) is 0 Å². The van der Waals surface area contributed by atoms with Crippen molar-refractivity contribution in [3.8, 4) is 0 Å². The third-order valence-corrected chi connectivity index (χ3v) is 4.95. The molecule has 0 aromatic heterocycles. The van der Waals surface area contributed by atoms with E-state index in [1.54, 1.807) is 12.1 Å². The highest BCUT2D eigenvalue weighted by Crippen LogP contribution is 2.41. The van der Waals surface area contributed by atoms with Crippen LogP contribution in [-0.2, 0) is 0 Å². The average Bonchev–Trinajstić information content (AvgIpc) is 2.47. The minimum absolute atomic E-state index is 0.246. The molecule has 0 radical (unpaired) electrons. The Morgan fingerprint density at radius 3 is 2.86 bits per heavy atom. The van der Waals surface area contributed by atoms with Gasteiger partial charge in [0.05, 0.1) is 4.92 Å².